The van der Waals surface area contributed by atoms with Crippen LogP contribution in [0.1, 0.15) is 78.1 Å². The molecule has 3 unspecified atom stereocenters. The van der Waals surface area contributed by atoms with E-state index in [1.165, 1.54) is 38.5 Å². The molecule has 4 fully saturated rings. The van der Waals surface area contributed by atoms with Gasteiger partial charge >= 0.3 is 0 Å². The first-order valence-corrected chi connectivity index (χ1v) is 12.0. The molecule has 5 heteroatoms. The van der Waals surface area contributed by atoms with Gasteiger partial charge in [0.15, 0.2) is 5.78 Å². The molecule has 1 aromatic rings. The number of hydrogen-bond donors (Lipinski definition) is 1. The maximum Gasteiger partial charge on any atom is 0.159 e. The minimum absolute atomic E-state index is 0.164. The number of carbonyl (C=O) groups excluding carboxylic acids is 1. The van der Waals surface area contributed by atoms with Gasteiger partial charge in [-0.15, -0.1) is 0 Å². The summed E-state index contributed by atoms with van der Waals surface area (Å²) in [7, 11) is 0. The van der Waals surface area contributed by atoms with Crippen molar-refractivity contribution < 1.29 is 9.90 Å². The van der Waals surface area contributed by atoms with Crippen LogP contribution in [0.3, 0.4) is 0 Å². The summed E-state index contributed by atoms with van der Waals surface area (Å²) < 4.78 is 0. The highest BCUT2D eigenvalue weighted by atomic mass is 16.3. The Labute approximate surface area is 174 Å². The molecule has 0 amide bonds. The molecule has 5 rings (SSSR count). The van der Waals surface area contributed by atoms with Crippen LogP contribution in [0.5, 0.6) is 0 Å². The van der Waals surface area contributed by atoms with E-state index >= 15 is 0 Å². The van der Waals surface area contributed by atoms with E-state index in [9.17, 15) is 9.90 Å². The Hall–Kier alpha value is -1.23. The van der Waals surface area contributed by atoms with Gasteiger partial charge in [-0.2, -0.15) is 15.0 Å². The summed E-state index contributed by atoms with van der Waals surface area (Å²) in [5.41, 5.74) is -0.236. The van der Waals surface area contributed by atoms with E-state index < -0.39 is 5.60 Å². The van der Waals surface area contributed by atoms with E-state index in [2.05, 4.69) is 24.0 Å². The average molecular weight is 400 g/mol. The zero-order valence-corrected chi connectivity index (χ0v) is 18.1. The second-order valence-electron chi connectivity index (χ2n) is 11.0. The van der Waals surface area contributed by atoms with Crippen LogP contribution in [0, 0.1) is 40.9 Å². The van der Waals surface area contributed by atoms with Gasteiger partial charge in [0, 0.05) is 5.92 Å². The Morgan fingerprint density at radius 1 is 1.03 bits per heavy atom. The number of aromatic nitrogens is 3. The molecular formula is C24H37N3O2. The van der Waals surface area contributed by atoms with Gasteiger partial charge in [0.1, 0.15) is 6.54 Å². The first kappa shape index (κ1) is 19.7. The zero-order chi connectivity index (χ0) is 20.2. The highest BCUT2D eigenvalue weighted by molar-refractivity contribution is 5.81. The quantitative estimate of drug-likeness (QED) is 0.821. The Morgan fingerprint density at radius 2 is 1.79 bits per heavy atom. The van der Waals surface area contributed by atoms with Gasteiger partial charge in [-0.05, 0) is 99.2 Å². The molecule has 1 N–H and O–H groups in total. The fourth-order valence-electron chi connectivity index (χ4n) is 8.39. The first-order chi connectivity index (χ1) is 13.9. The van der Waals surface area contributed by atoms with E-state index in [0.29, 0.717) is 18.2 Å². The van der Waals surface area contributed by atoms with Gasteiger partial charge in [0.05, 0.1) is 18.0 Å². The molecule has 29 heavy (non-hydrogen) atoms. The van der Waals surface area contributed by atoms with Crippen molar-refractivity contribution in [3.63, 3.8) is 0 Å². The van der Waals surface area contributed by atoms with Crippen LogP contribution in [0.2, 0.25) is 0 Å². The van der Waals surface area contributed by atoms with Gasteiger partial charge in [-0.1, -0.05) is 13.8 Å². The van der Waals surface area contributed by atoms with Gasteiger partial charge in [0.25, 0.3) is 0 Å². The van der Waals surface area contributed by atoms with Crippen molar-refractivity contribution >= 4 is 5.78 Å². The third-order valence-corrected chi connectivity index (χ3v) is 9.91. The largest absolute Gasteiger partial charge is 0.390 e. The molecule has 0 radical (unpaired) electrons. The van der Waals surface area contributed by atoms with Crippen molar-refractivity contribution in [1.82, 2.24) is 15.0 Å². The minimum atomic E-state index is -0.400. The molecule has 4 saturated carbocycles. The van der Waals surface area contributed by atoms with Crippen LogP contribution in [0.15, 0.2) is 12.4 Å². The van der Waals surface area contributed by atoms with Crippen LogP contribution in [0.4, 0.5) is 0 Å². The summed E-state index contributed by atoms with van der Waals surface area (Å²) in [6.07, 6.45) is 14.8. The summed E-state index contributed by atoms with van der Waals surface area (Å²) in [6, 6.07) is 0. The number of Topliss-reactive ketones (excluding diaryl/α,β-unsaturated/α-hetero) is 1. The zero-order valence-electron chi connectivity index (χ0n) is 18.1. The Kier molecular flexibility index (Phi) is 4.88. The molecule has 0 aromatic carbocycles. The van der Waals surface area contributed by atoms with Gasteiger partial charge in [-0.3, -0.25) is 4.79 Å². The van der Waals surface area contributed by atoms with E-state index in [-0.39, 0.29) is 11.3 Å². The van der Waals surface area contributed by atoms with Gasteiger partial charge in [-0.25, -0.2) is 0 Å². The first-order valence-electron chi connectivity index (χ1n) is 12.0. The molecule has 4 aliphatic carbocycles. The van der Waals surface area contributed by atoms with Crippen molar-refractivity contribution in [3.8, 4) is 0 Å². The standard InChI is InChI=1S/C24H37N3O2/c1-3-24(29)11-9-17-16(14-24)4-5-19-18(17)8-10-23(2)20(19)6-7-21(23)22(28)15-27-25-12-13-26-27/h12-13,16-21,29H,3-11,14-15H2,1-2H3/t16-,17-,18+,19?,20-,21?,23?,24+/m0/s1. The molecule has 8 atom stereocenters. The molecule has 1 aromatic heterocycles. The molecule has 4 aliphatic rings. The van der Waals surface area contributed by atoms with Crippen LogP contribution in [0.25, 0.3) is 0 Å². The molecule has 0 spiro atoms. The smallest absolute Gasteiger partial charge is 0.159 e. The lowest BCUT2D eigenvalue weighted by Gasteiger charge is -2.57. The SMILES string of the molecule is CC[C@@]1(O)CC[C@H]2[C@@H](CCC3[C@@H]2CCC2(C)C(C(=O)Cn4nccn4)CC[C@@H]32)C1. The summed E-state index contributed by atoms with van der Waals surface area (Å²) in [5.74, 6) is 4.38. The van der Waals surface area contributed by atoms with Crippen molar-refractivity contribution in [3.05, 3.63) is 12.4 Å². The predicted octanol–water partition coefficient (Wildman–Crippen LogP) is 4.26. The highest BCUT2D eigenvalue weighted by Crippen LogP contribution is 2.64. The van der Waals surface area contributed by atoms with Crippen molar-refractivity contribution in [2.45, 2.75) is 90.2 Å². The minimum Gasteiger partial charge on any atom is -0.390 e. The summed E-state index contributed by atoms with van der Waals surface area (Å²) >= 11 is 0. The summed E-state index contributed by atoms with van der Waals surface area (Å²) in [4.78, 5) is 14.7. The molecule has 0 aliphatic heterocycles. The molecule has 160 valence electrons. The fourth-order valence-corrected chi connectivity index (χ4v) is 8.39. The number of ketones is 1. The predicted molar refractivity (Wildman–Crippen MR) is 111 cm³/mol. The number of nitrogens with zero attached hydrogens (tertiary/aromatic N) is 3. The van der Waals surface area contributed by atoms with Crippen LogP contribution in [-0.4, -0.2) is 31.5 Å². The monoisotopic (exact) mass is 399 g/mol. The lowest BCUT2D eigenvalue weighted by molar-refractivity contribution is -0.133. The summed E-state index contributed by atoms with van der Waals surface area (Å²) in [5, 5.41) is 19.2. The topological polar surface area (TPSA) is 68.0 Å². The second kappa shape index (κ2) is 7.18. The van der Waals surface area contributed by atoms with Crippen LogP contribution >= 0.6 is 0 Å². The Bertz CT molecular complexity index is 749. The van der Waals surface area contributed by atoms with Crippen molar-refractivity contribution in [2.24, 2.45) is 40.9 Å². The maximum atomic E-state index is 13.1. The number of rotatable bonds is 4. The lowest BCUT2D eigenvalue weighted by Crippen LogP contribution is -2.51. The number of carbonyl (C=O) groups is 1. The molecule has 0 bridgehead atoms. The molecular weight excluding hydrogens is 362 g/mol. The summed E-state index contributed by atoms with van der Waals surface area (Å²) in [6.45, 7) is 4.89. The average Bonchev–Trinajstić information content (AvgIpc) is 3.34. The van der Waals surface area contributed by atoms with Crippen molar-refractivity contribution in [2.75, 3.05) is 0 Å². The number of fused-ring (bicyclic) bond motifs is 5. The van der Waals surface area contributed by atoms with E-state index in [1.54, 1.807) is 17.2 Å². The van der Waals surface area contributed by atoms with Crippen molar-refractivity contribution in [1.29, 1.82) is 0 Å². The third kappa shape index (κ3) is 3.19. The van der Waals surface area contributed by atoms with E-state index in [1.807, 2.05) is 0 Å². The normalized spacial score (nSPS) is 46.6. The highest BCUT2D eigenvalue weighted by Gasteiger charge is 2.58. The van der Waals surface area contributed by atoms with Crippen LogP contribution < -0.4 is 0 Å². The van der Waals surface area contributed by atoms with Crippen LogP contribution in [-0.2, 0) is 11.3 Å². The second-order valence-corrected chi connectivity index (χ2v) is 11.0. The van der Waals surface area contributed by atoms with Gasteiger partial charge in [0.2, 0.25) is 0 Å². The molecule has 1 heterocycles. The third-order valence-electron chi connectivity index (χ3n) is 9.91. The fraction of sp³-hybridized carbons (Fsp3) is 0.875. The lowest BCUT2D eigenvalue weighted by atomic mass is 9.48. The molecule has 0 saturated heterocycles. The van der Waals surface area contributed by atoms with Gasteiger partial charge < -0.3 is 5.11 Å². The Balaban J connectivity index is 1.31. The molecule has 5 nitrogen and oxygen atoms in total. The number of hydrogen-bond acceptors (Lipinski definition) is 4. The number of aliphatic hydroxyl groups is 1. The Morgan fingerprint density at radius 3 is 2.55 bits per heavy atom. The van der Waals surface area contributed by atoms with E-state index in [0.717, 1.165) is 49.4 Å². The maximum absolute atomic E-state index is 13.1. The van der Waals surface area contributed by atoms with E-state index in [4.69, 9.17) is 0 Å².